The zero-order chi connectivity index (χ0) is 26.2. The molecular weight excluding hydrogens is 479 g/mol. The van der Waals surface area contributed by atoms with Crippen LogP contribution in [0.3, 0.4) is 0 Å². The third-order valence-electron chi connectivity index (χ3n) is 4.63. The monoisotopic (exact) mass is 503 g/mol. The number of carbonyl (C=O) groups is 3. The molecule has 2 rings (SSSR count). The first-order chi connectivity index (χ1) is 16.4. The molecule has 1 aromatic rings. The number of rotatable bonds is 9. The minimum Gasteiger partial charge on any atom is -0.463 e. The Kier molecular flexibility index (Phi) is 10.00. The van der Waals surface area contributed by atoms with Crippen LogP contribution in [-0.2, 0) is 49.4 Å². The first-order valence-corrected chi connectivity index (χ1v) is 10.3. The first kappa shape index (κ1) is 28.0. The molecular formula is C22H24F3NO9. The molecule has 0 aliphatic carbocycles. The van der Waals surface area contributed by atoms with Gasteiger partial charge in [-0.3, -0.25) is 14.4 Å². The van der Waals surface area contributed by atoms with Crippen LogP contribution in [0.1, 0.15) is 31.9 Å². The van der Waals surface area contributed by atoms with Crippen molar-refractivity contribution in [1.29, 1.82) is 5.26 Å². The summed E-state index contributed by atoms with van der Waals surface area (Å²) in [7, 11) is 0. The van der Waals surface area contributed by atoms with Gasteiger partial charge in [-0.2, -0.15) is 18.4 Å². The summed E-state index contributed by atoms with van der Waals surface area (Å²) >= 11 is 0. The topological polar surface area (TPSA) is 130 Å². The fourth-order valence-electron chi connectivity index (χ4n) is 3.30. The average Bonchev–Trinajstić information content (AvgIpc) is 2.76. The van der Waals surface area contributed by atoms with Gasteiger partial charge in [-0.1, -0.05) is 18.2 Å². The number of hydrogen-bond donors (Lipinski definition) is 0. The second-order valence-electron chi connectivity index (χ2n) is 7.46. The molecule has 0 amide bonds. The SMILES string of the molecule is CC(=O)OC[C@H]1O[C@H](OCC(F)(F)F)[C@H](OCc2ccccc2C#N)[C@@H](OC(C)=O)[C@@H]1OC(C)=O. The molecule has 0 aromatic heterocycles. The Hall–Kier alpha value is -3.21. The standard InChI is InChI=1S/C22H24F3NO9/c1-12(27)30-10-17-18(33-13(2)28)19(34-14(3)29)20(21(35-17)32-11-22(23,24)25)31-9-16-7-5-4-6-15(16)8-26/h4-7,17-21H,9-11H2,1-3H3/t17-,18-,19+,20-,21+/m1/s1. The lowest BCUT2D eigenvalue weighted by Gasteiger charge is -2.44. The van der Waals surface area contributed by atoms with Gasteiger partial charge in [-0.15, -0.1) is 0 Å². The maximum Gasteiger partial charge on any atom is 0.411 e. The largest absolute Gasteiger partial charge is 0.463 e. The molecule has 0 saturated carbocycles. The Morgan fingerprint density at radius 2 is 1.60 bits per heavy atom. The van der Waals surface area contributed by atoms with E-state index in [-0.39, 0.29) is 12.2 Å². The Morgan fingerprint density at radius 3 is 2.17 bits per heavy atom. The van der Waals surface area contributed by atoms with E-state index in [1.165, 1.54) is 6.07 Å². The summed E-state index contributed by atoms with van der Waals surface area (Å²) in [6.07, 6.45) is -12.3. The molecule has 0 radical (unpaired) electrons. The molecule has 1 fully saturated rings. The van der Waals surface area contributed by atoms with Crippen LogP contribution < -0.4 is 0 Å². The molecule has 5 atom stereocenters. The van der Waals surface area contributed by atoms with Crippen LogP contribution in [0.25, 0.3) is 0 Å². The maximum absolute atomic E-state index is 12.9. The molecule has 1 aliphatic heterocycles. The normalized spacial score (nSPS) is 24.2. The van der Waals surface area contributed by atoms with E-state index in [0.717, 1.165) is 20.8 Å². The Balaban J connectivity index is 2.43. The van der Waals surface area contributed by atoms with E-state index < -0.39 is 68.0 Å². The van der Waals surface area contributed by atoms with E-state index >= 15 is 0 Å². The summed E-state index contributed by atoms with van der Waals surface area (Å²) in [5.74, 6) is -2.42. The Morgan fingerprint density at radius 1 is 0.971 bits per heavy atom. The summed E-state index contributed by atoms with van der Waals surface area (Å²) in [5, 5.41) is 9.28. The van der Waals surface area contributed by atoms with Gasteiger partial charge in [0.15, 0.2) is 18.5 Å². The number of carbonyl (C=O) groups excluding carboxylic acids is 3. The van der Waals surface area contributed by atoms with Gasteiger partial charge in [0, 0.05) is 20.8 Å². The molecule has 13 heteroatoms. The molecule has 1 heterocycles. The molecule has 1 aromatic carbocycles. The van der Waals surface area contributed by atoms with Gasteiger partial charge in [-0.05, 0) is 11.6 Å². The number of esters is 3. The van der Waals surface area contributed by atoms with E-state index in [0.29, 0.717) is 5.56 Å². The second-order valence-corrected chi connectivity index (χ2v) is 7.46. The summed E-state index contributed by atoms with van der Waals surface area (Å²) in [6, 6.07) is 8.25. The highest BCUT2D eigenvalue weighted by molar-refractivity contribution is 5.68. The highest BCUT2D eigenvalue weighted by Crippen LogP contribution is 2.31. The third kappa shape index (κ3) is 8.82. The number of benzene rings is 1. The van der Waals surface area contributed by atoms with Crippen molar-refractivity contribution >= 4 is 17.9 Å². The number of hydrogen-bond acceptors (Lipinski definition) is 10. The zero-order valence-corrected chi connectivity index (χ0v) is 19.1. The predicted octanol–water partition coefficient (Wildman–Crippen LogP) is 2.17. The van der Waals surface area contributed by atoms with E-state index in [1.807, 2.05) is 6.07 Å². The van der Waals surface area contributed by atoms with Crippen LogP contribution in [0.5, 0.6) is 0 Å². The second kappa shape index (κ2) is 12.5. The van der Waals surface area contributed by atoms with Gasteiger partial charge in [0.25, 0.3) is 0 Å². The maximum atomic E-state index is 12.9. The quantitative estimate of drug-likeness (QED) is 0.365. The molecule has 10 nitrogen and oxygen atoms in total. The number of ether oxygens (including phenoxy) is 6. The smallest absolute Gasteiger partial charge is 0.411 e. The third-order valence-corrected chi connectivity index (χ3v) is 4.63. The van der Waals surface area contributed by atoms with E-state index in [2.05, 4.69) is 0 Å². The van der Waals surface area contributed by atoms with Crippen molar-refractivity contribution in [2.45, 2.75) is 64.3 Å². The van der Waals surface area contributed by atoms with Gasteiger partial charge in [0.1, 0.15) is 25.4 Å². The van der Waals surface area contributed by atoms with Crippen molar-refractivity contribution in [3.8, 4) is 6.07 Å². The molecule has 0 N–H and O–H groups in total. The number of nitriles is 1. The minimum atomic E-state index is -4.74. The van der Waals surface area contributed by atoms with Crippen molar-refractivity contribution in [2.75, 3.05) is 13.2 Å². The van der Waals surface area contributed by atoms with E-state index in [9.17, 15) is 32.8 Å². The van der Waals surface area contributed by atoms with Crippen molar-refractivity contribution in [2.24, 2.45) is 0 Å². The molecule has 0 spiro atoms. The van der Waals surface area contributed by atoms with Crippen LogP contribution in [0, 0.1) is 11.3 Å². The summed E-state index contributed by atoms with van der Waals surface area (Å²) in [6.45, 7) is 0.596. The lowest BCUT2D eigenvalue weighted by Crippen LogP contribution is -2.62. The van der Waals surface area contributed by atoms with Crippen molar-refractivity contribution < 1.29 is 56.0 Å². The van der Waals surface area contributed by atoms with Gasteiger partial charge in [0.2, 0.25) is 0 Å². The predicted molar refractivity (Wildman–Crippen MR) is 108 cm³/mol. The average molecular weight is 503 g/mol. The number of nitrogens with zero attached hydrogens (tertiary/aromatic N) is 1. The Bertz CT molecular complexity index is 947. The van der Waals surface area contributed by atoms with Gasteiger partial charge >= 0.3 is 24.1 Å². The molecule has 1 aliphatic rings. The van der Waals surface area contributed by atoms with Crippen molar-refractivity contribution in [1.82, 2.24) is 0 Å². The van der Waals surface area contributed by atoms with E-state index in [1.54, 1.807) is 18.2 Å². The summed E-state index contributed by atoms with van der Waals surface area (Å²) in [4.78, 5) is 34.9. The number of alkyl halides is 3. The van der Waals surface area contributed by atoms with E-state index in [4.69, 9.17) is 28.4 Å². The van der Waals surface area contributed by atoms with Crippen LogP contribution in [0.15, 0.2) is 24.3 Å². The van der Waals surface area contributed by atoms with Crippen molar-refractivity contribution in [3.05, 3.63) is 35.4 Å². The van der Waals surface area contributed by atoms with Crippen molar-refractivity contribution in [3.63, 3.8) is 0 Å². The molecule has 35 heavy (non-hydrogen) atoms. The van der Waals surface area contributed by atoms with Crippen LogP contribution >= 0.6 is 0 Å². The lowest BCUT2D eigenvalue weighted by molar-refractivity contribution is -0.330. The molecule has 0 unspecified atom stereocenters. The summed E-state index contributed by atoms with van der Waals surface area (Å²) in [5.41, 5.74) is 0.627. The van der Waals surface area contributed by atoms with Crippen LogP contribution in [-0.4, -0.2) is 68.0 Å². The first-order valence-electron chi connectivity index (χ1n) is 10.3. The number of halogens is 3. The van der Waals surface area contributed by atoms with Crippen LogP contribution in [0.4, 0.5) is 13.2 Å². The van der Waals surface area contributed by atoms with Gasteiger partial charge < -0.3 is 28.4 Å². The highest BCUT2D eigenvalue weighted by Gasteiger charge is 2.52. The Labute approximate surface area is 198 Å². The molecule has 0 bridgehead atoms. The zero-order valence-electron chi connectivity index (χ0n) is 19.1. The molecule has 1 saturated heterocycles. The summed E-state index contributed by atoms with van der Waals surface area (Å²) < 4.78 is 70.3. The highest BCUT2D eigenvalue weighted by atomic mass is 19.4. The minimum absolute atomic E-state index is 0.241. The fourth-order valence-corrected chi connectivity index (χ4v) is 3.30. The lowest BCUT2D eigenvalue weighted by atomic mass is 9.98. The van der Waals surface area contributed by atoms with Gasteiger partial charge in [-0.25, -0.2) is 0 Å². The fraction of sp³-hybridized carbons (Fsp3) is 0.545. The molecule has 192 valence electrons. The van der Waals surface area contributed by atoms with Crippen LogP contribution in [0.2, 0.25) is 0 Å². The van der Waals surface area contributed by atoms with Gasteiger partial charge in [0.05, 0.1) is 18.2 Å².